The Hall–Kier alpha value is -2.82. The van der Waals surface area contributed by atoms with Gasteiger partial charge in [-0.2, -0.15) is 0 Å². The number of likely N-dealkylation sites (N-methyl/N-ethyl adjacent to an activating group) is 1. The van der Waals surface area contributed by atoms with Crippen LogP contribution >= 0.6 is 23.2 Å². The molecule has 0 aliphatic rings. The van der Waals surface area contributed by atoms with Crippen LogP contribution in [0.4, 0.5) is 0 Å². The number of carbonyl (C=O) groups is 2. The van der Waals surface area contributed by atoms with E-state index in [1.165, 1.54) is 0 Å². The van der Waals surface area contributed by atoms with Gasteiger partial charge in [0.15, 0.2) is 0 Å². The molecule has 0 bridgehead atoms. The van der Waals surface area contributed by atoms with Crippen molar-refractivity contribution in [2.45, 2.75) is 31.8 Å². The second-order valence-corrected chi connectivity index (χ2v) is 8.47. The molecule has 0 aromatic heterocycles. The normalized spacial score (nSPS) is 11.8. The van der Waals surface area contributed by atoms with Crippen LogP contribution in [0.3, 0.4) is 0 Å². The molecule has 1 atom stereocenters. The molecule has 0 radical (unpaired) electrons. The van der Waals surface area contributed by atoms with Crippen molar-refractivity contribution in [3.63, 3.8) is 0 Å². The van der Waals surface area contributed by atoms with Gasteiger partial charge in [-0.3, -0.25) is 9.59 Å². The highest BCUT2D eigenvalue weighted by molar-refractivity contribution is 6.35. The van der Waals surface area contributed by atoms with Crippen molar-refractivity contribution in [1.29, 1.82) is 0 Å². The summed E-state index contributed by atoms with van der Waals surface area (Å²) in [6.45, 7) is 1.93. The Bertz CT molecular complexity index is 1020. The SMILES string of the molecule is CNC(=O)[C@H](C)N(Cc1ccc(Cl)cc1Cl)C(=O)CC(c1ccccc1)c1ccccc1. The minimum Gasteiger partial charge on any atom is -0.357 e. The molecule has 166 valence electrons. The van der Waals surface area contributed by atoms with Crippen LogP contribution in [0, 0.1) is 0 Å². The molecule has 0 heterocycles. The summed E-state index contributed by atoms with van der Waals surface area (Å²) in [5.41, 5.74) is 2.82. The molecule has 0 aliphatic carbocycles. The molecule has 0 aliphatic heterocycles. The van der Waals surface area contributed by atoms with E-state index in [1.54, 1.807) is 37.1 Å². The van der Waals surface area contributed by atoms with Crippen LogP contribution < -0.4 is 5.32 Å². The van der Waals surface area contributed by atoms with E-state index in [9.17, 15) is 9.59 Å². The van der Waals surface area contributed by atoms with Gasteiger partial charge in [-0.05, 0) is 35.7 Å². The van der Waals surface area contributed by atoms with Gasteiger partial charge >= 0.3 is 0 Å². The largest absolute Gasteiger partial charge is 0.357 e. The monoisotopic (exact) mass is 468 g/mol. The van der Waals surface area contributed by atoms with Crippen molar-refractivity contribution in [1.82, 2.24) is 10.2 Å². The standard InChI is InChI=1S/C26H26Cl2N2O2/c1-18(26(32)29-2)30(17-21-13-14-22(27)15-24(21)28)25(31)16-23(19-9-5-3-6-10-19)20-11-7-4-8-12-20/h3-15,18,23H,16-17H2,1-2H3,(H,29,32)/t18-/m0/s1. The molecular weight excluding hydrogens is 443 g/mol. The predicted molar refractivity (Wildman–Crippen MR) is 130 cm³/mol. The predicted octanol–water partition coefficient (Wildman–Crippen LogP) is 5.68. The van der Waals surface area contributed by atoms with Gasteiger partial charge in [-0.1, -0.05) is 89.9 Å². The van der Waals surface area contributed by atoms with Crippen molar-refractivity contribution < 1.29 is 9.59 Å². The lowest BCUT2D eigenvalue weighted by Crippen LogP contribution is -2.47. The summed E-state index contributed by atoms with van der Waals surface area (Å²) in [4.78, 5) is 27.7. The molecule has 3 aromatic rings. The number of hydrogen-bond donors (Lipinski definition) is 1. The zero-order valence-electron chi connectivity index (χ0n) is 18.1. The van der Waals surface area contributed by atoms with Crippen molar-refractivity contribution in [2.75, 3.05) is 7.05 Å². The summed E-state index contributed by atoms with van der Waals surface area (Å²) in [6, 6.07) is 24.4. The topological polar surface area (TPSA) is 49.4 Å². The molecule has 32 heavy (non-hydrogen) atoms. The number of nitrogens with zero attached hydrogens (tertiary/aromatic N) is 1. The average molecular weight is 469 g/mol. The van der Waals surface area contributed by atoms with E-state index in [1.807, 2.05) is 60.7 Å². The minimum atomic E-state index is -0.661. The van der Waals surface area contributed by atoms with Crippen LogP contribution in [-0.2, 0) is 16.1 Å². The van der Waals surface area contributed by atoms with E-state index >= 15 is 0 Å². The summed E-state index contributed by atoms with van der Waals surface area (Å²) in [6.07, 6.45) is 0.223. The Morgan fingerprint density at radius 1 is 0.906 bits per heavy atom. The van der Waals surface area contributed by atoms with Gasteiger partial charge < -0.3 is 10.2 Å². The van der Waals surface area contributed by atoms with Gasteiger partial charge in [-0.15, -0.1) is 0 Å². The maximum atomic E-state index is 13.6. The highest BCUT2D eigenvalue weighted by Gasteiger charge is 2.29. The molecule has 0 spiro atoms. The van der Waals surface area contributed by atoms with Crippen molar-refractivity contribution in [3.05, 3.63) is 106 Å². The maximum Gasteiger partial charge on any atom is 0.242 e. The maximum absolute atomic E-state index is 13.6. The fourth-order valence-corrected chi connectivity index (χ4v) is 4.18. The second-order valence-electron chi connectivity index (χ2n) is 7.63. The second kappa shape index (κ2) is 11.2. The summed E-state index contributed by atoms with van der Waals surface area (Å²) in [5.74, 6) is -0.505. The van der Waals surface area contributed by atoms with Crippen LogP contribution in [0.1, 0.15) is 36.0 Å². The fourth-order valence-electron chi connectivity index (χ4n) is 3.72. The number of hydrogen-bond acceptors (Lipinski definition) is 2. The molecule has 0 saturated carbocycles. The van der Waals surface area contributed by atoms with Crippen LogP contribution in [0.25, 0.3) is 0 Å². The Morgan fingerprint density at radius 3 is 1.97 bits per heavy atom. The first-order valence-electron chi connectivity index (χ1n) is 10.5. The quantitative estimate of drug-likeness (QED) is 0.462. The van der Waals surface area contributed by atoms with E-state index in [0.29, 0.717) is 10.0 Å². The zero-order valence-corrected chi connectivity index (χ0v) is 19.6. The molecule has 4 nitrogen and oxygen atoms in total. The molecule has 3 rings (SSSR count). The lowest BCUT2D eigenvalue weighted by atomic mass is 9.88. The smallest absolute Gasteiger partial charge is 0.242 e. The molecule has 2 amide bonds. The van der Waals surface area contributed by atoms with E-state index in [-0.39, 0.29) is 30.7 Å². The van der Waals surface area contributed by atoms with Gasteiger partial charge in [-0.25, -0.2) is 0 Å². The van der Waals surface area contributed by atoms with Gasteiger partial charge in [0.05, 0.1) is 0 Å². The number of amides is 2. The highest BCUT2D eigenvalue weighted by Crippen LogP contribution is 2.30. The molecular formula is C26H26Cl2N2O2. The van der Waals surface area contributed by atoms with Crippen LogP contribution in [-0.4, -0.2) is 29.8 Å². The fraction of sp³-hybridized carbons (Fsp3) is 0.231. The van der Waals surface area contributed by atoms with E-state index in [0.717, 1.165) is 16.7 Å². The van der Waals surface area contributed by atoms with E-state index in [4.69, 9.17) is 23.2 Å². The number of benzene rings is 3. The molecule has 0 fully saturated rings. The third-order valence-electron chi connectivity index (χ3n) is 5.55. The molecule has 0 saturated heterocycles. The van der Waals surface area contributed by atoms with Crippen LogP contribution in [0.5, 0.6) is 0 Å². The summed E-state index contributed by atoms with van der Waals surface area (Å²) in [5, 5.41) is 3.62. The minimum absolute atomic E-state index is 0.134. The lowest BCUT2D eigenvalue weighted by molar-refractivity contribution is -0.140. The number of halogens is 2. The van der Waals surface area contributed by atoms with E-state index < -0.39 is 6.04 Å². The molecule has 0 unspecified atom stereocenters. The van der Waals surface area contributed by atoms with E-state index in [2.05, 4.69) is 5.32 Å². The van der Waals surface area contributed by atoms with Gasteiger partial charge in [0.2, 0.25) is 11.8 Å². The van der Waals surface area contributed by atoms with Crippen LogP contribution in [0.15, 0.2) is 78.9 Å². The third-order valence-corrected chi connectivity index (χ3v) is 6.14. The van der Waals surface area contributed by atoms with Gasteiger partial charge in [0.1, 0.15) is 6.04 Å². The lowest BCUT2D eigenvalue weighted by Gasteiger charge is -2.30. The number of rotatable bonds is 8. The Morgan fingerprint density at radius 2 is 1.47 bits per heavy atom. The first-order chi connectivity index (χ1) is 15.4. The first kappa shape index (κ1) is 23.8. The van der Waals surface area contributed by atoms with Gasteiger partial charge in [0.25, 0.3) is 0 Å². The highest BCUT2D eigenvalue weighted by atomic mass is 35.5. The van der Waals surface area contributed by atoms with Gasteiger partial charge in [0, 0.05) is 36.0 Å². The Labute approximate surface area is 199 Å². The molecule has 1 N–H and O–H groups in total. The van der Waals surface area contributed by atoms with Crippen molar-refractivity contribution in [2.24, 2.45) is 0 Å². The summed E-state index contributed by atoms with van der Waals surface area (Å²) >= 11 is 12.4. The molecule has 3 aromatic carbocycles. The zero-order chi connectivity index (χ0) is 23.1. The number of carbonyl (C=O) groups excluding carboxylic acids is 2. The van der Waals surface area contributed by atoms with Crippen LogP contribution in [0.2, 0.25) is 10.0 Å². The number of nitrogens with one attached hydrogen (secondary N) is 1. The first-order valence-corrected chi connectivity index (χ1v) is 11.2. The molecule has 6 heteroatoms. The van der Waals surface area contributed by atoms with Crippen molar-refractivity contribution >= 4 is 35.0 Å². The third kappa shape index (κ3) is 5.90. The average Bonchev–Trinajstić information content (AvgIpc) is 2.82. The summed E-state index contributed by atoms with van der Waals surface area (Å²) < 4.78 is 0. The Balaban J connectivity index is 1.94. The summed E-state index contributed by atoms with van der Waals surface area (Å²) in [7, 11) is 1.56. The van der Waals surface area contributed by atoms with Crippen molar-refractivity contribution in [3.8, 4) is 0 Å². The Kier molecular flexibility index (Phi) is 8.32.